The first kappa shape index (κ1) is 17.5. The van der Waals surface area contributed by atoms with E-state index in [1.54, 1.807) is 13.2 Å². The first-order chi connectivity index (χ1) is 11.2. The van der Waals surface area contributed by atoms with Crippen molar-refractivity contribution in [2.75, 3.05) is 65.0 Å². The van der Waals surface area contributed by atoms with E-state index in [1.807, 2.05) is 4.90 Å². The van der Waals surface area contributed by atoms with Crippen LogP contribution in [0.25, 0.3) is 0 Å². The number of hydrogen-bond donors (Lipinski definition) is 1. The van der Waals surface area contributed by atoms with Crippen LogP contribution in [-0.4, -0.2) is 70.9 Å². The second-order valence-electron chi connectivity index (χ2n) is 5.35. The van der Waals surface area contributed by atoms with Gasteiger partial charge in [-0.2, -0.15) is 0 Å². The van der Waals surface area contributed by atoms with Crippen LogP contribution in [0.5, 0.6) is 5.75 Å². The minimum absolute atomic E-state index is 0.0897. The van der Waals surface area contributed by atoms with E-state index in [2.05, 4.69) is 10.2 Å². The van der Waals surface area contributed by atoms with Crippen molar-refractivity contribution >= 4 is 11.6 Å². The van der Waals surface area contributed by atoms with Gasteiger partial charge in [0.1, 0.15) is 11.6 Å². The number of hydrogen-bond acceptors (Lipinski definition) is 5. The molecule has 0 radical (unpaired) electrons. The standard InChI is InChI=1S/C16H24FN3O3/c1-22-10-5-18-12-16(21)20-8-6-19(7-9-20)14-4-3-13(17)11-15(14)23-2/h3-4,11,18H,5-10,12H2,1-2H3. The molecule has 1 aromatic carbocycles. The molecule has 1 heterocycles. The molecular formula is C16H24FN3O3. The van der Waals surface area contributed by atoms with Crippen LogP contribution in [0, 0.1) is 5.82 Å². The molecule has 0 aromatic heterocycles. The van der Waals surface area contributed by atoms with E-state index in [1.165, 1.54) is 19.2 Å². The smallest absolute Gasteiger partial charge is 0.236 e. The van der Waals surface area contributed by atoms with Gasteiger partial charge in [0, 0.05) is 45.9 Å². The number of nitrogens with one attached hydrogen (secondary N) is 1. The maximum atomic E-state index is 13.3. The Morgan fingerprint density at radius 3 is 2.65 bits per heavy atom. The average molecular weight is 325 g/mol. The van der Waals surface area contributed by atoms with Crippen molar-refractivity contribution in [3.05, 3.63) is 24.0 Å². The van der Waals surface area contributed by atoms with Gasteiger partial charge < -0.3 is 24.6 Å². The lowest BCUT2D eigenvalue weighted by atomic mass is 10.2. The van der Waals surface area contributed by atoms with E-state index >= 15 is 0 Å². The van der Waals surface area contributed by atoms with Gasteiger partial charge >= 0.3 is 0 Å². The Hall–Kier alpha value is -1.86. The Morgan fingerprint density at radius 2 is 2.00 bits per heavy atom. The van der Waals surface area contributed by atoms with Crippen molar-refractivity contribution in [3.63, 3.8) is 0 Å². The zero-order valence-corrected chi connectivity index (χ0v) is 13.7. The predicted octanol–water partition coefficient (Wildman–Crippen LogP) is 0.719. The normalized spacial score (nSPS) is 14.9. The van der Waals surface area contributed by atoms with E-state index in [9.17, 15) is 9.18 Å². The molecule has 1 aliphatic heterocycles. The molecular weight excluding hydrogens is 301 g/mol. The molecule has 0 aliphatic carbocycles. The lowest BCUT2D eigenvalue weighted by Crippen LogP contribution is -2.51. The molecule has 7 heteroatoms. The Balaban J connectivity index is 1.85. The molecule has 1 aromatic rings. The zero-order chi connectivity index (χ0) is 16.7. The van der Waals surface area contributed by atoms with Crippen molar-refractivity contribution in [2.24, 2.45) is 0 Å². The number of methoxy groups -OCH3 is 2. The highest BCUT2D eigenvalue weighted by Gasteiger charge is 2.22. The number of benzene rings is 1. The third kappa shape index (κ3) is 4.80. The Kier molecular flexibility index (Phi) is 6.61. The van der Waals surface area contributed by atoms with Gasteiger partial charge in [-0.05, 0) is 12.1 Å². The molecule has 0 bridgehead atoms. The van der Waals surface area contributed by atoms with Gasteiger partial charge in [-0.25, -0.2) is 4.39 Å². The summed E-state index contributed by atoms with van der Waals surface area (Å²) in [5, 5.41) is 3.06. The minimum Gasteiger partial charge on any atom is -0.494 e. The van der Waals surface area contributed by atoms with E-state index in [0.29, 0.717) is 51.6 Å². The fourth-order valence-corrected chi connectivity index (χ4v) is 2.59. The van der Waals surface area contributed by atoms with E-state index in [-0.39, 0.29) is 11.7 Å². The van der Waals surface area contributed by atoms with Gasteiger partial charge in [0.15, 0.2) is 0 Å². The second-order valence-corrected chi connectivity index (χ2v) is 5.35. The third-order valence-electron chi connectivity index (χ3n) is 3.87. The molecule has 1 saturated heterocycles. The highest BCUT2D eigenvalue weighted by molar-refractivity contribution is 5.78. The summed E-state index contributed by atoms with van der Waals surface area (Å²) < 4.78 is 23.5. The molecule has 23 heavy (non-hydrogen) atoms. The first-order valence-corrected chi connectivity index (χ1v) is 7.71. The SMILES string of the molecule is COCCNCC(=O)N1CCN(c2ccc(F)cc2OC)CC1. The highest BCUT2D eigenvalue weighted by Crippen LogP contribution is 2.29. The summed E-state index contributed by atoms with van der Waals surface area (Å²) in [7, 11) is 3.16. The Bertz CT molecular complexity index is 519. The number of rotatable bonds is 7. The number of ether oxygens (including phenoxy) is 2. The van der Waals surface area contributed by atoms with Gasteiger partial charge in [0.2, 0.25) is 5.91 Å². The maximum Gasteiger partial charge on any atom is 0.236 e. The van der Waals surface area contributed by atoms with Crippen molar-refractivity contribution in [3.8, 4) is 5.75 Å². The summed E-state index contributed by atoms with van der Waals surface area (Å²) in [6.45, 7) is 4.26. The number of anilines is 1. The second kappa shape index (κ2) is 8.69. The Labute approximate surface area is 136 Å². The summed E-state index contributed by atoms with van der Waals surface area (Å²) in [4.78, 5) is 16.1. The van der Waals surface area contributed by atoms with Crippen LogP contribution in [-0.2, 0) is 9.53 Å². The van der Waals surface area contributed by atoms with Gasteiger partial charge in [-0.3, -0.25) is 4.79 Å². The molecule has 2 rings (SSSR count). The quantitative estimate of drug-likeness (QED) is 0.749. The number of nitrogens with zero attached hydrogens (tertiary/aromatic N) is 2. The first-order valence-electron chi connectivity index (χ1n) is 7.71. The van der Waals surface area contributed by atoms with Crippen molar-refractivity contribution in [1.29, 1.82) is 0 Å². The van der Waals surface area contributed by atoms with Crippen LogP contribution in [0.4, 0.5) is 10.1 Å². The van der Waals surface area contributed by atoms with Crippen LogP contribution in [0.1, 0.15) is 0 Å². The summed E-state index contributed by atoms with van der Waals surface area (Å²) in [5.41, 5.74) is 0.860. The topological polar surface area (TPSA) is 54.0 Å². The number of piperazine rings is 1. The fourth-order valence-electron chi connectivity index (χ4n) is 2.59. The van der Waals surface area contributed by atoms with Gasteiger partial charge in [0.25, 0.3) is 0 Å². The molecule has 1 N–H and O–H groups in total. The molecule has 0 atom stereocenters. The number of halogens is 1. The van der Waals surface area contributed by atoms with Crippen molar-refractivity contribution in [2.45, 2.75) is 0 Å². The van der Waals surface area contributed by atoms with E-state index in [4.69, 9.17) is 9.47 Å². The third-order valence-corrected chi connectivity index (χ3v) is 3.87. The lowest BCUT2D eigenvalue weighted by Gasteiger charge is -2.36. The van der Waals surface area contributed by atoms with Gasteiger partial charge in [-0.15, -0.1) is 0 Å². The zero-order valence-electron chi connectivity index (χ0n) is 13.7. The van der Waals surface area contributed by atoms with Gasteiger partial charge in [0.05, 0.1) is 25.9 Å². The molecule has 0 spiro atoms. The summed E-state index contributed by atoms with van der Waals surface area (Å²) >= 11 is 0. The van der Waals surface area contributed by atoms with Crippen LogP contribution >= 0.6 is 0 Å². The van der Waals surface area contributed by atoms with Crippen LogP contribution < -0.4 is 15.0 Å². The van der Waals surface area contributed by atoms with E-state index < -0.39 is 0 Å². The number of carbonyl (C=O) groups is 1. The molecule has 6 nitrogen and oxygen atoms in total. The predicted molar refractivity (Wildman–Crippen MR) is 86.5 cm³/mol. The van der Waals surface area contributed by atoms with E-state index in [0.717, 1.165) is 5.69 Å². The van der Waals surface area contributed by atoms with Crippen LogP contribution in [0.3, 0.4) is 0 Å². The highest BCUT2D eigenvalue weighted by atomic mass is 19.1. The van der Waals surface area contributed by atoms with Gasteiger partial charge in [-0.1, -0.05) is 0 Å². The lowest BCUT2D eigenvalue weighted by molar-refractivity contribution is -0.130. The Morgan fingerprint density at radius 1 is 1.26 bits per heavy atom. The maximum absolute atomic E-state index is 13.3. The fraction of sp³-hybridized carbons (Fsp3) is 0.562. The summed E-state index contributed by atoms with van der Waals surface area (Å²) in [6.07, 6.45) is 0. The van der Waals surface area contributed by atoms with Crippen LogP contribution in [0.15, 0.2) is 18.2 Å². The number of amides is 1. The molecule has 1 amide bonds. The largest absolute Gasteiger partial charge is 0.494 e. The summed E-state index contributed by atoms with van der Waals surface area (Å²) in [6, 6.07) is 4.53. The molecule has 0 saturated carbocycles. The molecule has 0 unspecified atom stereocenters. The molecule has 1 aliphatic rings. The minimum atomic E-state index is -0.318. The number of carbonyl (C=O) groups excluding carboxylic acids is 1. The average Bonchev–Trinajstić information content (AvgIpc) is 2.58. The van der Waals surface area contributed by atoms with Crippen LogP contribution in [0.2, 0.25) is 0 Å². The molecule has 1 fully saturated rings. The van der Waals surface area contributed by atoms with Crippen molar-refractivity contribution < 1.29 is 18.7 Å². The summed E-state index contributed by atoms with van der Waals surface area (Å²) in [5.74, 6) is 0.291. The van der Waals surface area contributed by atoms with Crippen molar-refractivity contribution in [1.82, 2.24) is 10.2 Å². The monoisotopic (exact) mass is 325 g/mol. The molecule has 128 valence electrons.